The number of nitrogens with zero attached hydrogens (tertiary/aromatic N) is 1. The van der Waals surface area contributed by atoms with Crippen molar-refractivity contribution < 1.29 is 9.59 Å². The highest BCUT2D eigenvalue weighted by Gasteiger charge is 2.15. The van der Waals surface area contributed by atoms with Crippen LogP contribution in [0.1, 0.15) is 24.8 Å². The van der Waals surface area contributed by atoms with Crippen LogP contribution in [0.5, 0.6) is 0 Å². The zero-order chi connectivity index (χ0) is 16.5. The van der Waals surface area contributed by atoms with Crippen molar-refractivity contribution in [1.29, 1.82) is 0 Å². The molecule has 0 aromatic heterocycles. The number of carbonyl (C=O) groups excluding carboxylic acids is 2. The minimum atomic E-state index is -0.163. The second-order valence-electron chi connectivity index (χ2n) is 5.92. The van der Waals surface area contributed by atoms with Gasteiger partial charge in [-0.15, -0.1) is 12.4 Å². The first-order valence-electron chi connectivity index (χ1n) is 8.18. The van der Waals surface area contributed by atoms with Gasteiger partial charge in [0.1, 0.15) is 0 Å². The van der Waals surface area contributed by atoms with Crippen LogP contribution in [0.25, 0.3) is 0 Å². The van der Waals surface area contributed by atoms with Crippen molar-refractivity contribution in [3.63, 3.8) is 0 Å². The number of halogens is 1. The lowest BCUT2D eigenvalue weighted by Crippen LogP contribution is -2.44. The third-order valence-corrected chi connectivity index (χ3v) is 3.94. The first kappa shape index (κ1) is 20.3. The van der Waals surface area contributed by atoms with E-state index in [1.54, 1.807) is 11.9 Å². The first-order valence-corrected chi connectivity index (χ1v) is 8.18. The van der Waals surface area contributed by atoms with Crippen LogP contribution in [0, 0.1) is 0 Å². The van der Waals surface area contributed by atoms with Crippen LogP contribution < -0.4 is 16.0 Å². The van der Waals surface area contributed by atoms with Gasteiger partial charge < -0.3 is 20.9 Å². The molecule has 0 saturated carbocycles. The molecule has 1 aliphatic heterocycles. The highest BCUT2D eigenvalue weighted by atomic mass is 35.5. The standard InChI is InChI=1S/C17H26N4O2.ClH/c1-21(13-14-5-3-2-4-6-14)17(23)19-12-9-16(22)20-15-7-10-18-11-8-15;/h2-6,15,18H,7-13H2,1H3,(H,19,23)(H,20,22);1H. The van der Waals surface area contributed by atoms with Gasteiger partial charge in [-0.1, -0.05) is 30.3 Å². The van der Waals surface area contributed by atoms with Gasteiger partial charge in [-0.25, -0.2) is 4.79 Å². The van der Waals surface area contributed by atoms with E-state index in [2.05, 4.69) is 16.0 Å². The summed E-state index contributed by atoms with van der Waals surface area (Å²) in [5, 5.41) is 9.07. The van der Waals surface area contributed by atoms with Crippen molar-refractivity contribution in [2.24, 2.45) is 0 Å². The summed E-state index contributed by atoms with van der Waals surface area (Å²) < 4.78 is 0. The van der Waals surface area contributed by atoms with E-state index in [1.807, 2.05) is 30.3 Å². The summed E-state index contributed by atoms with van der Waals surface area (Å²) >= 11 is 0. The molecule has 24 heavy (non-hydrogen) atoms. The van der Waals surface area contributed by atoms with Crippen LogP contribution in [-0.2, 0) is 11.3 Å². The summed E-state index contributed by atoms with van der Waals surface area (Å²) in [7, 11) is 1.75. The van der Waals surface area contributed by atoms with Gasteiger partial charge in [0, 0.05) is 32.6 Å². The monoisotopic (exact) mass is 354 g/mol. The van der Waals surface area contributed by atoms with Gasteiger partial charge in [0.25, 0.3) is 0 Å². The molecule has 0 aliphatic carbocycles. The van der Waals surface area contributed by atoms with E-state index in [0.717, 1.165) is 31.5 Å². The average molecular weight is 355 g/mol. The van der Waals surface area contributed by atoms with Crippen molar-refractivity contribution >= 4 is 24.3 Å². The quantitative estimate of drug-likeness (QED) is 0.725. The number of amides is 3. The fourth-order valence-electron chi connectivity index (χ4n) is 2.61. The number of nitrogens with one attached hydrogen (secondary N) is 3. The fourth-order valence-corrected chi connectivity index (χ4v) is 2.61. The molecule has 0 unspecified atom stereocenters. The summed E-state index contributed by atoms with van der Waals surface area (Å²) in [5.41, 5.74) is 1.08. The summed E-state index contributed by atoms with van der Waals surface area (Å²) in [6, 6.07) is 9.92. The van der Waals surface area contributed by atoms with Crippen molar-refractivity contribution in [3.8, 4) is 0 Å². The molecule has 1 heterocycles. The molecular formula is C17H27ClN4O2. The van der Waals surface area contributed by atoms with Crippen LogP contribution >= 0.6 is 12.4 Å². The Hall–Kier alpha value is -1.79. The molecule has 1 aliphatic rings. The second-order valence-corrected chi connectivity index (χ2v) is 5.92. The maximum Gasteiger partial charge on any atom is 0.317 e. The molecular weight excluding hydrogens is 328 g/mol. The number of rotatable bonds is 6. The van der Waals surface area contributed by atoms with Crippen molar-refractivity contribution in [2.75, 3.05) is 26.7 Å². The Balaban J connectivity index is 0.00000288. The number of carbonyl (C=O) groups is 2. The Morgan fingerprint density at radius 1 is 1.21 bits per heavy atom. The van der Waals surface area contributed by atoms with Gasteiger partial charge in [0.2, 0.25) is 5.91 Å². The van der Waals surface area contributed by atoms with Crippen LogP contribution in [0.15, 0.2) is 30.3 Å². The number of benzene rings is 1. The van der Waals surface area contributed by atoms with Gasteiger partial charge in [-0.05, 0) is 31.5 Å². The summed E-state index contributed by atoms with van der Waals surface area (Å²) in [5.74, 6) is 0.00270. The summed E-state index contributed by atoms with van der Waals surface area (Å²) in [6.07, 6.45) is 2.25. The molecule has 1 fully saturated rings. The predicted octanol–water partition coefficient (Wildman–Crippen LogP) is 1.51. The number of hydrogen-bond acceptors (Lipinski definition) is 3. The first-order chi connectivity index (χ1) is 11.1. The molecule has 0 spiro atoms. The Kier molecular flexibility index (Phi) is 9.19. The fraction of sp³-hybridized carbons (Fsp3) is 0.529. The van der Waals surface area contributed by atoms with E-state index in [9.17, 15) is 9.59 Å². The normalized spacial score (nSPS) is 14.4. The Morgan fingerprint density at radius 2 is 1.88 bits per heavy atom. The molecule has 134 valence electrons. The maximum absolute atomic E-state index is 12.0. The van der Waals surface area contributed by atoms with E-state index in [4.69, 9.17) is 0 Å². The molecule has 1 aromatic carbocycles. The molecule has 7 heteroatoms. The van der Waals surface area contributed by atoms with Gasteiger partial charge in [0.05, 0.1) is 0 Å². The zero-order valence-electron chi connectivity index (χ0n) is 14.1. The molecule has 0 radical (unpaired) electrons. The smallest absolute Gasteiger partial charge is 0.317 e. The number of hydrogen-bond donors (Lipinski definition) is 3. The van der Waals surface area contributed by atoms with Crippen LogP contribution in [0.3, 0.4) is 0 Å². The second kappa shape index (κ2) is 10.9. The average Bonchev–Trinajstić information content (AvgIpc) is 2.56. The Bertz CT molecular complexity index is 507. The molecule has 1 aromatic rings. The van der Waals surface area contributed by atoms with Gasteiger partial charge in [-0.2, -0.15) is 0 Å². The Labute approximate surface area is 149 Å². The van der Waals surface area contributed by atoms with Crippen LogP contribution in [-0.4, -0.2) is 49.6 Å². The van der Waals surface area contributed by atoms with Crippen LogP contribution in [0.4, 0.5) is 4.79 Å². The largest absolute Gasteiger partial charge is 0.353 e. The van der Waals surface area contributed by atoms with Gasteiger partial charge in [0.15, 0.2) is 0 Å². The van der Waals surface area contributed by atoms with E-state index in [0.29, 0.717) is 19.5 Å². The topological polar surface area (TPSA) is 73.5 Å². The zero-order valence-corrected chi connectivity index (χ0v) is 14.9. The maximum atomic E-state index is 12.0. The van der Waals surface area contributed by atoms with Gasteiger partial charge in [-0.3, -0.25) is 4.79 Å². The van der Waals surface area contributed by atoms with Crippen molar-refractivity contribution in [3.05, 3.63) is 35.9 Å². The van der Waals surface area contributed by atoms with Gasteiger partial charge >= 0.3 is 6.03 Å². The van der Waals surface area contributed by atoms with Crippen molar-refractivity contribution in [1.82, 2.24) is 20.9 Å². The molecule has 3 N–H and O–H groups in total. The lowest BCUT2D eigenvalue weighted by atomic mass is 10.1. The van der Waals surface area contributed by atoms with E-state index >= 15 is 0 Å². The summed E-state index contributed by atoms with van der Waals surface area (Å²) in [6.45, 7) is 2.81. The van der Waals surface area contributed by atoms with E-state index in [-0.39, 0.29) is 30.4 Å². The van der Waals surface area contributed by atoms with Crippen LogP contribution in [0.2, 0.25) is 0 Å². The summed E-state index contributed by atoms with van der Waals surface area (Å²) in [4.78, 5) is 25.5. The third-order valence-electron chi connectivity index (χ3n) is 3.94. The SMILES string of the molecule is CN(Cc1ccccc1)C(=O)NCCC(=O)NC1CCNCC1.Cl. The lowest BCUT2D eigenvalue weighted by molar-refractivity contribution is -0.121. The molecule has 6 nitrogen and oxygen atoms in total. The van der Waals surface area contributed by atoms with E-state index in [1.165, 1.54) is 0 Å². The minimum Gasteiger partial charge on any atom is -0.353 e. The molecule has 0 bridgehead atoms. The molecule has 2 rings (SSSR count). The predicted molar refractivity (Wildman–Crippen MR) is 97.2 cm³/mol. The minimum absolute atomic E-state index is 0. The highest BCUT2D eigenvalue weighted by Crippen LogP contribution is 2.03. The molecule has 3 amide bonds. The third kappa shape index (κ3) is 7.19. The molecule has 0 atom stereocenters. The number of piperidine rings is 1. The molecule has 1 saturated heterocycles. The highest BCUT2D eigenvalue weighted by molar-refractivity contribution is 5.85. The van der Waals surface area contributed by atoms with E-state index < -0.39 is 0 Å². The van der Waals surface area contributed by atoms with Crippen molar-refractivity contribution in [2.45, 2.75) is 31.8 Å². The number of urea groups is 1. The Morgan fingerprint density at radius 3 is 2.54 bits per heavy atom. The lowest BCUT2D eigenvalue weighted by Gasteiger charge is -2.23.